The van der Waals surface area contributed by atoms with Crippen LogP contribution in [0.4, 0.5) is 0 Å². The minimum Gasteiger partial charge on any atom is -0.480 e. The number of aliphatic carboxylic acids is 1. The average molecular weight is 715 g/mol. The first-order valence-electron chi connectivity index (χ1n) is 19.1. The second kappa shape index (κ2) is 15.6. The molecule has 2 amide bonds. The van der Waals surface area contributed by atoms with E-state index in [2.05, 4.69) is 38.2 Å². The molecule has 1 aliphatic carbocycles. The smallest absolute Gasteiger partial charge is 0.326 e. The van der Waals surface area contributed by atoms with E-state index in [9.17, 15) is 19.5 Å². The summed E-state index contributed by atoms with van der Waals surface area (Å²) in [7, 11) is 0. The van der Waals surface area contributed by atoms with Crippen molar-refractivity contribution in [3.8, 4) is 22.6 Å². The van der Waals surface area contributed by atoms with Crippen molar-refractivity contribution in [1.82, 2.24) is 10.2 Å². The van der Waals surface area contributed by atoms with E-state index in [4.69, 9.17) is 4.74 Å². The number of nitrogens with one attached hydrogen (secondary N) is 1. The molecule has 6 rings (SSSR count). The van der Waals surface area contributed by atoms with Crippen LogP contribution in [0, 0.1) is 11.3 Å². The maximum absolute atomic E-state index is 14.5. The summed E-state index contributed by atoms with van der Waals surface area (Å²) >= 11 is 0. The van der Waals surface area contributed by atoms with E-state index in [1.165, 1.54) is 5.56 Å². The van der Waals surface area contributed by atoms with Gasteiger partial charge in [0.15, 0.2) is 0 Å². The molecule has 7 heteroatoms. The lowest BCUT2D eigenvalue weighted by molar-refractivity contribution is -0.152. The van der Waals surface area contributed by atoms with Gasteiger partial charge in [-0.15, -0.1) is 0 Å². The third-order valence-electron chi connectivity index (χ3n) is 10.8. The van der Waals surface area contributed by atoms with Crippen LogP contribution in [0.2, 0.25) is 0 Å². The molecule has 278 valence electrons. The monoisotopic (exact) mass is 714 g/mol. The van der Waals surface area contributed by atoms with E-state index in [0.717, 1.165) is 65.7 Å². The molecule has 2 unspecified atom stereocenters. The second-order valence-electron chi connectivity index (χ2n) is 17.0. The molecule has 0 bridgehead atoms. The first-order chi connectivity index (χ1) is 25.2. The van der Waals surface area contributed by atoms with Crippen molar-refractivity contribution in [2.24, 2.45) is 11.3 Å². The average Bonchev–Trinajstić information content (AvgIpc) is 3.64. The van der Waals surface area contributed by atoms with Gasteiger partial charge in [0.1, 0.15) is 23.6 Å². The molecule has 7 nitrogen and oxygen atoms in total. The molecular formula is C46H54N2O5. The quantitative estimate of drug-likeness (QED) is 0.171. The molecule has 0 saturated heterocycles. The normalized spacial score (nSPS) is 18.3. The number of carboxylic acids is 1. The summed E-state index contributed by atoms with van der Waals surface area (Å²) in [4.78, 5) is 43.3. The highest BCUT2D eigenvalue weighted by atomic mass is 16.5. The van der Waals surface area contributed by atoms with E-state index >= 15 is 0 Å². The molecule has 1 saturated carbocycles. The van der Waals surface area contributed by atoms with Crippen molar-refractivity contribution >= 4 is 17.8 Å². The van der Waals surface area contributed by atoms with E-state index in [1.54, 1.807) is 4.90 Å². The Bertz CT molecular complexity index is 1900. The number of carbonyl (C=O) groups excluding carboxylic acids is 2. The lowest BCUT2D eigenvalue weighted by Crippen LogP contribution is -2.59. The molecular weight excluding hydrogens is 661 g/mol. The third-order valence-corrected chi connectivity index (χ3v) is 10.8. The predicted octanol–water partition coefficient (Wildman–Crippen LogP) is 9.68. The standard InChI is InChI=1S/C46H54N2O5/c1-45(2,3)35-21-24-36(25-22-35)53-37-23-20-34-28-41(48(44(52)46(4,5)6)40(38(34)29-37)27-30-12-10-11-13-30)42(49)47-39(43(50)51)26-31-16-18-33(19-17-31)32-14-8-7-9-15-32/h7-9,14-25,29-30,39-41H,10-13,26-28H2,1-6H3,(H,47,49)(H,50,51)/t39-,40?,41?/m0/s1. The summed E-state index contributed by atoms with van der Waals surface area (Å²) in [5.74, 6) is 0.144. The lowest BCUT2D eigenvalue weighted by Gasteiger charge is -2.46. The summed E-state index contributed by atoms with van der Waals surface area (Å²) in [6, 6.07) is 29.5. The third kappa shape index (κ3) is 9.01. The van der Waals surface area contributed by atoms with Crippen LogP contribution >= 0.6 is 0 Å². The van der Waals surface area contributed by atoms with Gasteiger partial charge in [-0.1, -0.05) is 140 Å². The van der Waals surface area contributed by atoms with Crippen LogP contribution in [0.25, 0.3) is 11.1 Å². The zero-order valence-corrected chi connectivity index (χ0v) is 32.0. The number of fused-ring (bicyclic) bond motifs is 1. The topological polar surface area (TPSA) is 95.9 Å². The Hall–Kier alpha value is -4.91. The zero-order valence-electron chi connectivity index (χ0n) is 32.0. The minimum absolute atomic E-state index is 0.0301. The summed E-state index contributed by atoms with van der Waals surface area (Å²) in [5, 5.41) is 13.2. The summed E-state index contributed by atoms with van der Waals surface area (Å²) in [6.07, 6.45) is 5.61. The number of benzene rings is 4. The summed E-state index contributed by atoms with van der Waals surface area (Å²) in [6.45, 7) is 12.2. The highest BCUT2D eigenvalue weighted by Crippen LogP contribution is 2.44. The molecule has 2 aliphatic rings. The number of rotatable bonds is 10. The van der Waals surface area contributed by atoms with E-state index in [-0.39, 0.29) is 30.2 Å². The van der Waals surface area contributed by atoms with Gasteiger partial charge in [-0.05, 0) is 75.4 Å². The van der Waals surface area contributed by atoms with Gasteiger partial charge in [-0.25, -0.2) is 4.79 Å². The number of nitrogens with zero attached hydrogens (tertiary/aromatic N) is 1. The molecule has 0 radical (unpaired) electrons. The van der Waals surface area contributed by atoms with Crippen LogP contribution in [0.15, 0.2) is 97.1 Å². The van der Waals surface area contributed by atoms with E-state index in [0.29, 0.717) is 11.7 Å². The summed E-state index contributed by atoms with van der Waals surface area (Å²) < 4.78 is 6.39. The van der Waals surface area contributed by atoms with Gasteiger partial charge in [0.25, 0.3) is 0 Å². The van der Waals surface area contributed by atoms with Crippen molar-refractivity contribution in [1.29, 1.82) is 0 Å². The van der Waals surface area contributed by atoms with Gasteiger partial charge in [-0.3, -0.25) is 9.59 Å². The SMILES string of the molecule is CC(C)(C)C(=O)N1C(C(=O)N[C@@H](Cc2ccc(-c3ccccc3)cc2)C(=O)O)Cc2ccc(Oc3ccc(C(C)(C)C)cc3)cc2C1CC1CCCC1. The second-order valence-corrected chi connectivity index (χ2v) is 17.0. The van der Waals surface area contributed by atoms with E-state index in [1.807, 2.05) is 106 Å². The van der Waals surface area contributed by atoms with Gasteiger partial charge in [0.05, 0.1) is 6.04 Å². The van der Waals surface area contributed by atoms with E-state index < -0.39 is 29.4 Å². The van der Waals surface area contributed by atoms with Crippen LogP contribution in [0.1, 0.15) is 102 Å². The molecule has 1 heterocycles. The molecule has 4 aromatic carbocycles. The number of carbonyl (C=O) groups is 3. The maximum Gasteiger partial charge on any atom is 0.326 e. The number of hydrogen-bond donors (Lipinski definition) is 2. The fourth-order valence-corrected chi connectivity index (χ4v) is 7.82. The Kier molecular flexibility index (Phi) is 11.1. The first kappa shape index (κ1) is 37.8. The molecule has 4 aromatic rings. The fraction of sp³-hybridized carbons (Fsp3) is 0.413. The highest BCUT2D eigenvalue weighted by Gasteiger charge is 2.45. The first-order valence-corrected chi connectivity index (χ1v) is 19.1. The van der Waals surface area contributed by atoms with Crippen LogP contribution in [-0.4, -0.2) is 39.9 Å². The molecule has 53 heavy (non-hydrogen) atoms. The van der Waals surface area contributed by atoms with Gasteiger partial charge in [0, 0.05) is 18.3 Å². The van der Waals surface area contributed by atoms with Crippen molar-refractivity contribution in [3.63, 3.8) is 0 Å². The van der Waals surface area contributed by atoms with Crippen molar-refractivity contribution in [3.05, 3.63) is 119 Å². The molecule has 3 atom stereocenters. The largest absolute Gasteiger partial charge is 0.480 e. The zero-order chi connectivity index (χ0) is 37.9. The number of carboxylic acid groups (broad SMARTS) is 1. The van der Waals surface area contributed by atoms with Crippen LogP contribution < -0.4 is 10.1 Å². The molecule has 1 fully saturated rings. The van der Waals surface area contributed by atoms with Crippen LogP contribution in [0.5, 0.6) is 11.5 Å². The van der Waals surface area contributed by atoms with Gasteiger partial charge in [-0.2, -0.15) is 0 Å². The Morgan fingerprint density at radius 2 is 1.43 bits per heavy atom. The van der Waals surface area contributed by atoms with Gasteiger partial charge < -0.3 is 20.1 Å². The lowest BCUT2D eigenvalue weighted by atomic mass is 9.80. The van der Waals surface area contributed by atoms with Gasteiger partial charge >= 0.3 is 5.97 Å². The Labute approximate surface area is 314 Å². The Balaban J connectivity index is 1.30. The summed E-state index contributed by atoms with van der Waals surface area (Å²) in [5.41, 5.74) is 5.36. The minimum atomic E-state index is -1.16. The molecule has 0 spiro atoms. The molecule has 2 N–H and O–H groups in total. The molecule has 1 aliphatic heterocycles. The molecule has 0 aromatic heterocycles. The van der Waals surface area contributed by atoms with Crippen molar-refractivity contribution < 1.29 is 24.2 Å². The van der Waals surface area contributed by atoms with Crippen LogP contribution in [-0.2, 0) is 32.6 Å². The van der Waals surface area contributed by atoms with Crippen molar-refractivity contribution in [2.45, 2.75) is 110 Å². The van der Waals surface area contributed by atoms with Gasteiger partial charge in [0.2, 0.25) is 11.8 Å². The Morgan fingerprint density at radius 1 is 0.811 bits per heavy atom. The fourth-order valence-electron chi connectivity index (χ4n) is 7.82. The number of hydrogen-bond acceptors (Lipinski definition) is 4. The van der Waals surface area contributed by atoms with Crippen LogP contribution in [0.3, 0.4) is 0 Å². The number of amides is 2. The highest BCUT2D eigenvalue weighted by molar-refractivity contribution is 5.93. The maximum atomic E-state index is 14.5. The predicted molar refractivity (Wildman–Crippen MR) is 210 cm³/mol. The van der Waals surface area contributed by atoms with Crippen molar-refractivity contribution in [2.75, 3.05) is 0 Å². The Morgan fingerprint density at radius 3 is 2.04 bits per heavy atom. The number of ether oxygens (including phenoxy) is 1.